The average molecular weight is 630 g/mol. The van der Waals surface area contributed by atoms with Crippen molar-refractivity contribution >= 4 is 50.2 Å². The molecule has 2 aromatic carbocycles. The van der Waals surface area contributed by atoms with Crippen LogP contribution < -0.4 is 0 Å². The van der Waals surface area contributed by atoms with Gasteiger partial charge in [-0.3, -0.25) is 0 Å². The van der Waals surface area contributed by atoms with E-state index >= 15 is 0 Å². The number of rotatable bonds is 7. The van der Waals surface area contributed by atoms with Crippen molar-refractivity contribution in [2.24, 2.45) is 7.05 Å². The van der Waals surface area contributed by atoms with Crippen molar-refractivity contribution in [3.63, 3.8) is 0 Å². The van der Waals surface area contributed by atoms with Gasteiger partial charge in [0, 0.05) is 46.5 Å². The SMILES string of the molecule is CCOC(=O)[C@@H](OC(C)(C)C)c1c(C)cc2nc(-c3cnc4c(c3)c(C3CCCCC3)cn4C)sc2c1-c1ccc(Cl)cc1. The molecule has 1 fully saturated rings. The molecule has 230 valence electrons. The number of aryl methyl sites for hydroxylation is 2. The van der Waals surface area contributed by atoms with Crippen LogP contribution in [-0.2, 0) is 21.3 Å². The summed E-state index contributed by atoms with van der Waals surface area (Å²) in [6.07, 6.45) is 9.66. The van der Waals surface area contributed by atoms with Crippen LogP contribution in [0.25, 0.3) is 42.9 Å². The first kappa shape index (κ1) is 30.8. The summed E-state index contributed by atoms with van der Waals surface area (Å²) in [5.74, 6) is 0.169. The summed E-state index contributed by atoms with van der Waals surface area (Å²) in [6, 6.07) is 12.1. The zero-order chi connectivity index (χ0) is 31.2. The molecule has 1 saturated carbocycles. The normalized spacial score (nSPS) is 15.2. The van der Waals surface area contributed by atoms with E-state index in [1.807, 2.05) is 65.1 Å². The van der Waals surface area contributed by atoms with Gasteiger partial charge in [-0.15, -0.1) is 11.3 Å². The summed E-state index contributed by atoms with van der Waals surface area (Å²) in [5.41, 5.74) is 7.25. The third-order valence-corrected chi connectivity index (χ3v) is 9.82. The highest BCUT2D eigenvalue weighted by Gasteiger charge is 2.33. The van der Waals surface area contributed by atoms with Crippen LogP contribution in [0.1, 0.15) is 88.5 Å². The maximum Gasteiger partial charge on any atom is 0.339 e. The summed E-state index contributed by atoms with van der Waals surface area (Å²) in [4.78, 5) is 23.5. The molecule has 6 rings (SSSR count). The number of benzene rings is 2. The Morgan fingerprint density at radius 1 is 1.11 bits per heavy atom. The van der Waals surface area contributed by atoms with Gasteiger partial charge >= 0.3 is 5.97 Å². The van der Waals surface area contributed by atoms with Crippen molar-refractivity contribution in [2.45, 2.75) is 84.3 Å². The van der Waals surface area contributed by atoms with Crippen LogP contribution in [-0.4, -0.2) is 32.7 Å². The Labute approximate surface area is 268 Å². The van der Waals surface area contributed by atoms with Gasteiger partial charge in [0.2, 0.25) is 0 Å². The molecular weight excluding hydrogens is 590 g/mol. The van der Waals surface area contributed by atoms with Crippen molar-refractivity contribution in [1.29, 1.82) is 0 Å². The number of hydrogen-bond donors (Lipinski definition) is 0. The van der Waals surface area contributed by atoms with E-state index in [9.17, 15) is 4.79 Å². The number of carbonyl (C=O) groups is 1. The Balaban J connectivity index is 1.55. The van der Waals surface area contributed by atoms with Crippen molar-refractivity contribution in [3.05, 3.63) is 70.5 Å². The lowest BCUT2D eigenvalue weighted by Crippen LogP contribution is -2.29. The molecule has 44 heavy (non-hydrogen) atoms. The molecule has 1 atom stereocenters. The van der Waals surface area contributed by atoms with Gasteiger partial charge in [0.05, 0.1) is 22.4 Å². The van der Waals surface area contributed by atoms with Gasteiger partial charge in [0.15, 0.2) is 6.10 Å². The lowest BCUT2D eigenvalue weighted by molar-refractivity contribution is -0.166. The molecule has 0 saturated heterocycles. The predicted octanol–water partition coefficient (Wildman–Crippen LogP) is 9.95. The molecule has 1 aliphatic rings. The molecule has 0 spiro atoms. The lowest BCUT2D eigenvalue weighted by atomic mass is 9.84. The second-order valence-electron chi connectivity index (χ2n) is 12.8. The number of thiazole rings is 1. The van der Waals surface area contributed by atoms with Gasteiger partial charge in [-0.25, -0.2) is 14.8 Å². The molecule has 3 heterocycles. The summed E-state index contributed by atoms with van der Waals surface area (Å²) in [5, 5.41) is 2.75. The number of esters is 1. The maximum absolute atomic E-state index is 13.5. The van der Waals surface area contributed by atoms with E-state index in [4.69, 9.17) is 31.0 Å². The molecule has 8 heteroatoms. The number of nitrogens with zero attached hydrogens (tertiary/aromatic N) is 3. The highest BCUT2D eigenvalue weighted by atomic mass is 35.5. The van der Waals surface area contributed by atoms with Crippen LogP contribution in [0.15, 0.2) is 48.8 Å². The Kier molecular flexibility index (Phi) is 8.57. The summed E-state index contributed by atoms with van der Waals surface area (Å²) >= 11 is 7.93. The number of ether oxygens (including phenoxy) is 2. The average Bonchev–Trinajstić information content (AvgIpc) is 3.56. The van der Waals surface area contributed by atoms with E-state index < -0.39 is 17.7 Å². The third-order valence-electron chi connectivity index (χ3n) is 8.43. The second-order valence-corrected chi connectivity index (χ2v) is 14.3. The van der Waals surface area contributed by atoms with E-state index in [2.05, 4.69) is 29.9 Å². The molecule has 1 aliphatic carbocycles. The topological polar surface area (TPSA) is 66.2 Å². The monoisotopic (exact) mass is 629 g/mol. The van der Waals surface area contributed by atoms with Crippen LogP contribution in [0.4, 0.5) is 0 Å². The van der Waals surface area contributed by atoms with Crippen molar-refractivity contribution in [1.82, 2.24) is 14.5 Å². The first-order chi connectivity index (χ1) is 21.0. The highest BCUT2D eigenvalue weighted by molar-refractivity contribution is 7.22. The first-order valence-corrected chi connectivity index (χ1v) is 16.7. The number of hydrogen-bond acceptors (Lipinski definition) is 6. The highest BCUT2D eigenvalue weighted by Crippen LogP contribution is 2.45. The quantitative estimate of drug-likeness (QED) is 0.168. The minimum Gasteiger partial charge on any atom is -0.464 e. The molecule has 0 aliphatic heterocycles. The lowest BCUT2D eigenvalue weighted by Gasteiger charge is -2.29. The van der Waals surface area contributed by atoms with Gasteiger partial charge < -0.3 is 14.0 Å². The van der Waals surface area contributed by atoms with E-state index in [1.54, 1.807) is 11.3 Å². The van der Waals surface area contributed by atoms with Crippen molar-refractivity contribution in [3.8, 4) is 21.7 Å². The van der Waals surface area contributed by atoms with Gasteiger partial charge in [-0.05, 0) is 94.3 Å². The Morgan fingerprint density at radius 3 is 2.52 bits per heavy atom. The fraction of sp³-hybridized carbons (Fsp3) is 0.417. The fourth-order valence-electron chi connectivity index (χ4n) is 6.52. The summed E-state index contributed by atoms with van der Waals surface area (Å²) in [6.45, 7) is 9.95. The van der Waals surface area contributed by atoms with Gasteiger partial charge in [-0.2, -0.15) is 0 Å². The number of halogens is 1. The molecule has 0 radical (unpaired) electrons. The number of aromatic nitrogens is 3. The van der Waals surface area contributed by atoms with Gasteiger partial charge in [-0.1, -0.05) is 43.0 Å². The Hall–Kier alpha value is -3.26. The van der Waals surface area contributed by atoms with E-state index in [1.165, 1.54) is 43.1 Å². The number of carbonyl (C=O) groups excluding carboxylic acids is 1. The molecular formula is C36H40ClN3O3S. The van der Waals surface area contributed by atoms with Crippen LogP contribution in [0.3, 0.4) is 0 Å². The van der Waals surface area contributed by atoms with Crippen molar-refractivity contribution in [2.75, 3.05) is 6.61 Å². The maximum atomic E-state index is 13.5. The third kappa shape index (κ3) is 6.02. The van der Waals surface area contributed by atoms with Gasteiger partial charge in [0.1, 0.15) is 10.7 Å². The number of fused-ring (bicyclic) bond motifs is 2. The molecule has 0 unspecified atom stereocenters. The first-order valence-electron chi connectivity index (χ1n) is 15.5. The molecule has 5 aromatic rings. The molecule has 3 aromatic heterocycles. The fourth-order valence-corrected chi connectivity index (χ4v) is 7.75. The molecule has 0 N–H and O–H groups in total. The predicted molar refractivity (Wildman–Crippen MR) is 181 cm³/mol. The molecule has 0 amide bonds. The Morgan fingerprint density at radius 2 is 1.84 bits per heavy atom. The van der Waals surface area contributed by atoms with E-state index in [-0.39, 0.29) is 6.61 Å². The van der Waals surface area contributed by atoms with Crippen LogP contribution >= 0.6 is 22.9 Å². The zero-order valence-corrected chi connectivity index (χ0v) is 27.9. The minimum atomic E-state index is -0.907. The Bertz CT molecular complexity index is 1830. The van der Waals surface area contributed by atoms with E-state index in [0.29, 0.717) is 10.9 Å². The van der Waals surface area contributed by atoms with E-state index in [0.717, 1.165) is 48.7 Å². The second kappa shape index (κ2) is 12.3. The standard InChI is InChI=1S/C36H40ClN3O3S/c1-7-42-35(41)31(43-36(3,4)5)29-21(2)17-28-32(30(29)23-13-15-25(37)16-14-23)44-34(39-28)24-18-26-27(22-11-9-8-10-12-22)20-40(6)33(26)38-19-24/h13-20,22,31H,7-12H2,1-6H3/t31-/m0/s1. The van der Waals surface area contributed by atoms with Crippen molar-refractivity contribution < 1.29 is 14.3 Å². The summed E-state index contributed by atoms with van der Waals surface area (Å²) in [7, 11) is 2.08. The summed E-state index contributed by atoms with van der Waals surface area (Å²) < 4.78 is 15.1. The number of pyridine rings is 1. The van der Waals surface area contributed by atoms with Crippen LogP contribution in [0, 0.1) is 6.92 Å². The van der Waals surface area contributed by atoms with Crippen LogP contribution in [0.2, 0.25) is 5.02 Å². The molecule has 6 nitrogen and oxygen atoms in total. The van der Waals surface area contributed by atoms with Crippen LogP contribution in [0.5, 0.6) is 0 Å². The van der Waals surface area contributed by atoms with Gasteiger partial charge in [0.25, 0.3) is 0 Å². The minimum absolute atomic E-state index is 0.267. The zero-order valence-electron chi connectivity index (χ0n) is 26.4. The molecule has 0 bridgehead atoms. The largest absolute Gasteiger partial charge is 0.464 e. The smallest absolute Gasteiger partial charge is 0.339 e.